The Morgan fingerprint density at radius 3 is 1.90 bits per heavy atom. The number of nitrogens with one attached hydrogen (secondary N) is 5. The minimum absolute atomic E-state index is 0.0406. The summed E-state index contributed by atoms with van der Waals surface area (Å²) in [5, 5.41) is 35.6. The van der Waals surface area contributed by atoms with Gasteiger partial charge in [-0.25, -0.2) is 15.7 Å². The molecule has 21 heavy (non-hydrogen) atoms. The van der Waals surface area contributed by atoms with E-state index in [-0.39, 0.29) is 35.7 Å². The molecule has 0 fully saturated rings. The van der Waals surface area contributed by atoms with Gasteiger partial charge in [-0.15, -0.1) is 35.7 Å². The van der Waals surface area contributed by atoms with Gasteiger partial charge in [0.1, 0.15) is 0 Å². The first kappa shape index (κ1) is 12.3. The summed E-state index contributed by atoms with van der Waals surface area (Å²) in [6, 6.07) is 0. The summed E-state index contributed by atoms with van der Waals surface area (Å²) >= 11 is 0. The molecule has 0 aromatic carbocycles. The van der Waals surface area contributed by atoms with Gasteiger partial charge in [-0.1, -0.05) is 0 Å². The molecule has 3 aromatic heterocycles. The molecule has 15 heteroatoms. The van der Waals surface area contributed by atoms with Crippen LogP contribution in [0, 0.1) is 5.53 Å². The van der Waals surface area contributed by atoms with E-state index in [1.165, 1.54) is 0 Å². The van der Waals surface area contributed by atoms with E-state index in [0.717, 1.165) is 0 Å². The van der Waals surface area contributed by atoms with Crippen molar-refractivity contribution in [1.82, 2.24) is 50.8 Å². The Morgan fingerprint density at radius 2 is 1.43 bits per heavy atom. The maximum atomic E-state index is 6.75. The van der Waals surface area contributed by atoms with Gasteiger partial charge < -0.3 is 5.73 Å². The number of aromatic nitrogens is 10. The summed E-state index contributed by atoms with van der Waals surface area (Å²) in [5.41, 5.74) is 12.1. The standard InChI is InChI=1S/C6H7N15/c7-1-9-2(15-14-1)11-5-18-20-6(21-19-5)12-3-10-4(13-8)17-16-3/h8H,(H2,10,12,16,17,20,21)(H4,7,9,11,14,15,18,19). The first-order valence-electron chi connectivity index (χ1n) is 5.32. The van der Waals surface area contributed by atoms with E-state index in [9.17, 15) is 0 Å². The maximum Gasteiger partial charge on any atom is 0.269 e. The van der Waals surface area contributed by atoms with E-state index in [2.05, 4.69) is 66.5 Å². The average Bonchev–Trinajstić information content (AvgIpc) is 3.10. The van der Waals surface area contributed by atoms with Gasteiger partial charge in [0, 0.05) is 0 Å². The molecule has 3 heterocycles. The Kier molecular flexibility index (Phi) is 2.96. The van der Waals surface area contributed by atoms with Gasteiger partial charge in [0.2, 0.25) is 5.95 Å². The largest absolute Gasteiger partial charge is 0.368 e. The number of rotatable bonds is 5. The topological polar surface area (TPSA) is 221 Å². The third-order valence-electron chi connectivity index (χ3n) is 2.01. The van der Waals surface area contributed by atoms with Crippen molar-refractivity contribution < 1.29 is 0 Å². The molecule has 0 atom stereocenters. The Bertz CT molecular complexity index is 738. The molecule has 0 aliphatic heterocycles. The van der Waals surface area contributed by atoms with E-state index >= 15 is 0 Å². The van der Waals surface area contributed by atoms with Gasteiger partial charge in [-0.2, -0.15) is 9.97 Å². The third kappa shape index (κ3) is 2.80. The number of nitrogens with two attached hydrogens (primary N) is 1. The lowest BCUT2D eigenvalue weighted by atomic mass is 10.8. The molecule has 0 amide bonds. The normalized spacial score (nSPS) is 10.3. The molecule has 0 unspecified atom stereocenters. The van der Waals surface area contributed by atoms with Crippen molar-refractivity contribution in [3.63, 3.8) is 0 Å². The van der Waals surface area contributed by atoms with E-state index in [1.54, 1.807) is 0 Å². The van der Waals surface area contributed by atoms with E-state index in [0.29, 0.717) is 0 Å². The Morgan fingerprint density at radius 1 is 0.857 bits per heavy atom. The highest BCUT2D eigenvalue weighted by Gasteiger charge is 2.07. The van der Waals surface area contributed by atoms with Gasteiger partial charge in [-0.05, 0) is 0 Å². The summed E-state index contributed by atoms with van der Waals surface area (Å²) < 4.78 is 0. The van der Waals surface area contributed by atoms with Crippen molar-refractivity contribution in [2.24, 2.45) is 5.11 Å². The maximum absolute atomic E-state index is 6.75. The summed E-state index contributed by atoms with van der Waals surface area (Å²) in [4.78, 5) is 7.60. The predicted molar refractivity (Wildman–Crippen MR) is 66.2 cm³/mol. The first-order chi connectivity index (χ1) is 10.2. The number of anilines is 5. The summed E-state index contributed by atoms with van der Waals surface area (Å²) in [6.07, 6.45) is 0. The fourth-order valence-electron chi connectivity index (χ4n) is 1.22. The Hall–Kier alpha value is -3.78. The molecule has 0 saturated carbocycles. The molecule has 0 saturated heterocycles. The number of nitrogen functional groups attached to an aromatic ring is 1. The molecule has 0 aliphatic rings. The molecule has 0 aliphatic carbocycles. The third-order valence-corrected chi connectivity index (χ3v) is 2.01. The van der Waals surface area contributed by atoms with E-state index < -0.39 is 0 Å². The fourth-order valence-corrected chi connectivity index (χ4v) is 1.22. The van der Waals surface area contributed by atoms with Crippen molar-refractivity contribution in [1.29, 1.82) is 5.53 Å². The zero-order valence-corrected chi connectivity index (χ0v) is 10.1. The molecular weight excluding hydrogens is 282 g/mol. The van der Waals surface area contributed by atoms with Crippen molar-refractivity contribution >= 4 is 35.7 Å². The number of nitrogens with zero attached hydrogens (tertiary/aromatic N) is 9. The van der Waals surface area contributed by atoms with Crippen LogP contribution < -0.4 is 16.4 Å². The molecule has 106 valence electrons. The molecule has 0 spiro atoms. The van der Waals surface area contributed by atoms with Gasteiger partial charge in [-0.3, -0.25) is 10.6 Å². The van der Waals surface area contributed by atoms with Crippen LogP contribution in [0.15, 0.2) is 5.11 Å². The van der Waals surface area contributed by atoms with Gasteiger partial charge in [0.15, 0.2) is 0 Å². The lowest BCUT2D eigenvalue weighted by molar-refractivity contribution is 0.869. The molecule has 3 aromatic rings. The first-order valence-corrected chi connectivity index (χ1v) is 5.32. The summed E-state index contributed by atoms with van der Waals surface area (Å²) in [6.45, 7) is 0. The fraction of sp³-hybridized carbons (Fsp3) is 0. The van der Waals surface area contributed by atoms with Crippen molar-refractivity contribution in [2.75, 3.05) is 16.4 Å². The van der Waals surface area contributed by atoms with E-state index in [1.807, 2.05) is 0 Å². The van der Waals surface area contributed by atoms with Crippen LogP contribution in [0.25, 0.3) is 0 Å². The number of aromatic amines is 2. The number of hydrogen-bond donors (Lipinski definition) is 6. The lowest BCUT2D eigenvalue weighted by Gasteiger charge is -1.99. The van der Waals surface area contributed by atoms with Crippen molar-refractivity contribution in [2.45, 2.75) is 0 Å². The second-order valence-corrected chi connectivity index (χ2v) is 3.44. The van der Waals surface area contributed by atoms with Crippen LogP contribution in [-0.4, -0.2) is 50.8 Å². The second-order valence-electron chi connectivity index (χ2n) is 3.44. The Labute approximate surface area is 114 Å². The quantitative estimate of drug-likeness (QED) is 0.320. The van der Waals surface area contributed by atoms with Crippen LogP contribution in [0.4, 0.5) is 35.7 Å². The number of H-pyrrole nitrogens is 2. The summed E-state index contributed by atoms with van der Waals surface area (Å²) in [5.74, 6) is 0.650. The number of hydrogen-bond acceptors (Lipinski definition) is 13. The molecule has 0 bridgehead atoms. The van der Waals surface area contributed by atoms with Crippen LogP contribution >= 0.6 is 0 Å². The molecule has 7 N–H and O–H groups in total. The highest BCUT2D eigenvalue weighted by Crippen LogP contribution is 2.10. The van der Waals surface area contributed by atoms with Crippen LogP contribution in [0.2, 0.25) is 0 Å². The Balaban J connectivity index is 1.67. The van der Waals surface area contributed by atoms with Gasteiger partial charge in [0.25, 0.3) is 29.7 Å². The van der Waals surface area contributed by atoms with Crippen LogP contribution in [0.5, 0.6) is 0 Å². The predicted octanol–water partition coefficient (Wildman–Crippen LogP) is -0.765. The molecule has 3 rings (SSSR count). The molecule has 15 nitrogen and oxygen atoms in total. The van der Waals surface area contributed by atoms with Crippen LogP contribution in [-0.2, 0) is 0 Å². The van der Waals surface area contributed by atoms with Crippen molar-refractivity contribution in [3.8, 4) is 0 Å². The van der Waals surface area contributed by atoms with E-state index in [4.69, 9.17) is 11.3 Å². The minimum atomic E-state index is 0.0406. The van der Waals surface area contributed by atoms with Crippen LogP contribution in [0.1, 0.15) is 0 Å². The highest BCUT2D eigenvalue weighted by molar-refractivity contribution is 5.45. The van der Waals surface area contributed by atoms with Gasteiger partial charge in [0.05, 0.1) is 0 Å². The highest BCUT2D eigenvalue weighted by atomic mass is 15.4. The molecule has 0 radical (unpaired) electrons. The van der Waals surface area contributed by atoms with Crippen molar-refractivity contribution in [3.05, 3.63) is 0 Å². The smallest absolute Gasteiger partial charge is 0.269 e. The van der Waals surface area contributed by atoms with Gasteiger partial charge >= 0.3 is 0 Å². The average molecular weight is 289 g/mol. The molecular formula is C6H7N15. The SMILES string of the molecule is N=Nc1nc(Nc2nnc(Nc3n[nH]c(N)n3)nn2)n[nH]1. The zero-order chi connectivity index (χ0) is 14.7. The second kappa shape index (κ2) is 5.07. The van der Waals surface area contributed by atoms with Crippen LogP contribution in [0.3, 0.4) is 0 Å². The zero-order valence-electron chi connectivity index (χ0n) is 10.1. The minimum Gasteiger partial charge on any atom is -0.368 e. The summed E-state index contributed by atoms with van der Waals surface area (Å²) in [7, 11) is 0. The lowest BCUT2D eigenvalue weighted by Crippen LogP contribution is -2.06. The monoisotopic (exact) mass is 289 g/mol.